The zero-order valence-corrected chi connectivity index (χ0v) is 18.6. The van der Waals surface area contributed by atoms with Crippen molar-refractivity contribution in [1.29, 1.82) is 0 Å². The van der Waals surface area contributed by atoms with E-state index in [4.69, 9.17) is 4.98 Å². The number of imidazole rings is 1. The number of piperidine rings is 1. The van der Waals surface area contributed by atoms with Crippen molar-refractivity contribution in [3.05, 3.63) is 65.7 Å². The van der Waals surface area contributed by atoms with Crippen LogP contribution in [0.1, 0.15) is 57.2 Å². The van der Waals surface area contributed by atoms with E-state index < -0.39 is 0 Å². The van der Waals surface area contributed by atoms with Gasteiger partial charge in [0.2, 0.25) is 5.91 Å². The van der Waals surface area contributed by atoms with Gasteiger partial charge in [0.25, 0.3) is 0 Å². The van der Waals surface area contributed by atoms with Crippen LogP contribution in [0.5, 0.6) is 0 Å². The molecule has 0 aliphatic carbocycles. The van der Waals surface area contributed by atoms with Crippen LogP contribution in [0.3, 0.4) is 0 Å². The molecule has 1 aliphatic rings. The molecule has 31 heavy (non-hydrogen) atoms. The zero-order valence-electron chi connectivity index (χ0n) is 18.6. The summed E-state index contributed by atoms with van der Waals surface area (Å²) in [6.45, 7) is 7.87. The Labute approximate surface area is 183 Å². The van der Waals surface area contributed by atoms with Crippen LogP contribution in [-0.2, 0) is 11.2 Å². The summed E-state index contributed by atoms with van der Waals surface area (Å²) in [6.07, 6.45) is 4.60. The van der Waals surface area contributed by atoms with E-state index in [0.717, 1.165) is 30.0 Å². The summed E-state index contributed by atoms with van der Waals surface area (Å²) >= 11 is 0. The molecule has 1 amide bonds. The third-order valence-electron chi connectivity index (χ3n) is 5.85. The van der Waals surface area contributed by atoms with Crippen LogP contribution in [0.4, 0.5) is 10.2 Å². The van der Waals surface area contributed by atoms with Crippen LogP contribution >= 0.6 is 0 Å². The predicted molar refractivity (Wildman–Crippen MR) is 122 cm³/mol. The van der Waals surface area contributed by atoms with Gasteiger partial charge < -0.3 is 10.2 Å². The van der Waals surface area contributed by atoms with Crippen molar-refractivity contribution in [2.45, 2.75) is 57.9 Å². The molecule has 1 saturated heterocycles. The van der Waals surface area contributed by atoms with Gasteiger partial charge in [-0.2, -0.15) is 0 Å². The number of rotatable bonds is 5. The number of hydrogen-bond donors (Lipinski definition) is 1. The lowest BCUT2D eigenvalue weighted by Gasteiger charge is -2.32. The number of aromatic nitrogens is 2. The van der Waals surface area contributed by atoms with E-state index >= 15 is 0 Å². The van der Waals surface area contributed by atoms with Crippen LogP contribution in [0, 0.1) is 5.82 Å². The van der Waals surface area contributed by atoms with Gasteiger partial charge in [-0.25, -0.2) is 9.37 Å². The van der Waals surface area contributed by atoms with E-state index in [-0.39, 0.29) is 17.3 Å². The van der Waals surface area contributed by atoms with Gasteiger partial charge in [0.15, 0.2) is 0 Å². The first kappa shape index (κ1) is 21.3. The highest BCUT2D eigenvalue weighted by Gasteiger charge is 2.29. The Balaban J connectivity index is 1.43. The molecule has 164 valence electrons. The first-order chi connectivity index (χ1) is 14.8. The largest absolute Gasteiger partial charge is 0.365 e. The Kier molecular flexibility index (Phi) is 5.99. The van der Waals surface area contributed by atoms with Crippen LogP contribution in [0.25, 0.3) is 5.65 Å². The van der Waals surface area contributed by atoms with E-state index in [9.17, 15) is 9.18 Å². The molecular weight excluding hydrogens is 391 g/mol. The lowest BCUT2D eigenvalue weighted by Crippen LogP contribution is -2.38. The molecule has 1 N–H and O–H groups in total. The molecule has 2 aromatic heterocycles. The molecular formula is C25H31FN4O. The highest BCUT2D eigenvalue weighted by Crippen LogP contribution is 2.34. The Morgan fingerprint density at radius 2 is 1.84 bits per heavy atom. The SMILES string of the molecule is CC(C)(C)Nc1c(C2CCN(C(=O)CCc3ccccc3F)CC2)nc2ccccn12. The number of carbonyl (C=O) groups is 1. The number of amides is 1. The van der Waals surface area contributed by atoms with Gasteiger partial charge >= 0.3 is 0 Å². The van der Waals surface area contributed by atoms with Gasteiger partial charge in [-0.15, -0.1) is 0 Å². The molecule has 0 bridgehead atoms. The van der Waals surface area contributed by atoms with E-state index in [0.29, 0.717) is 37.4 Å². The van der Waals surface area contributed by atoms with Crippen LogP contribution < -0.4 is 5.32 Å². The molecule has 1 aliphatic heterocycles. The monoisotopic (exact) mass is 422 g/mol. The number of benzene rings is 1. The van der Waals surface area contributed by atoms with Gasteiger partial charge in [-0.3, -0.25) is 9.20 Å². The molecule has 0 spiro atoms. The van der Waals surface area contributed by atoms with Crippen molar-refractivity contribution in [1.82, 2.24) is 14.3 Å². The standard InChI is InChI=1S/C25H31FN4O/c1-25(2,3)28-24-23(27-21-10-6-7-15-30(21)24)19-13-16-29(17-14-19)22(31)12-11-18-8-4-5-9-20(18)26/h4-10,15,19,28H,11-14,16-17H2,1-3H3. The number of likely N-dealkylation sites (tertiary alicyclic amines) is 1. The Bertz CT molecular complexity index is 1060. The van der Waals surface area contributed by atoms with Crippen molar-refractivity contribution in [2.24, 2.45) is 0 Å². The minimum atomic E-state index is -0.236. The van der Waals surface area contributed by atoms with Crippen LogP contribution in [0.15, 0.2) is 48.7 Å². The minimum Gasteiger partial charge on any atom is -0.365 e. The molecule has 0 unspecified atom stereocenters. The first-order valence-electron chi connectivity index (χ1n) is 11.1. The molecule has 6 heteroatoms. The number of halogens is 1. The Morgan fingerprint density at radius 3 is 2.55 bits per heavy atom. The average molecular weight is 423 g/mol. The fourth-order valence-corrected chi connectivity index (χ4v) is 4.28. The maximum atomic E-state index is 13.8. The van der Waals surface area contributed by atoms with Crippen molar-refractivity contribution in [2.75, 3.05) is 18.4 Å². The van der Waals surface area contributed by atoms with E-state index in [2.05, 4.69) is 30.5 Å². The van der Waals surface area contributed by atoms with E-state index in [1.54, 1.807) is 12.1 Å². The topological polar surface area (TPSA) is 49.6 Å². The number of nitrogens with zero attached hydrogens (tertiary/aromatic N) is 3. The molecule has 1 aromatic carbocycles. The maximum absolute atomic E-state index is 13.8. The van der Waals surface area contributed by atoms with Gasteiger partial charge in [-0.1, -0.05) is 24.3 Å². The van der Waals surface area contributed by atoms with Gasteiger partial charge in [0, 0.05) is 37.2 Å². The predicted octanol–water partition coefficient (Wildman–Crippen LogP) is 5.02. The maximum Gasteiger partial charge on any atom is 0.222 e. The smallest absolute Gasteiger partial charge is 0.222 e. The van der Waals surface area contributed by atoms with E-state index in [1.807, 2.05) is 35.4 Å². The number of aryl methyl sites for hydroxylation is 1. The summed E-state index contributed by atoms with van der Waals surface area (Å²) in [4.78, 5) is 19.5. The van der Waals surface area contributed by atoms with Crippen molar-refractivity contribution >= 4 is 17.4 Å². The second-order valence-electron chi connectivity index (χ2n) is 9.40. The molecule has 0 atom stereocenters. The second kappa shape index (κ2) is 8.69. The summed E-state index contributed by atoms with van der Waals surface area (Å²) < 4.78 is 15.9. The van der Waals surface area contributed by atoms with Crippen molar-refractivity contribution < 1.29 is 9.18 Å². The molecule has 3 heterocycles. The fourth-order valence-electron chi connectivity index (χ4n) is 4.28. The number of fused-ring (bicyclic) bond motifs is 1. The Hall–Kier alpha value is -2.89. The zero-order chi connectivity index (χ0) is 22.0. The normalized spacial score (nSPS) is 15.4. The van der Waals surface area contributed by atoms with Crippen LogP contribution in [0.2, 0.25) is 0 Å². The number of nitrogens with one attached hydrogen (secondary N) is 1. The first-order valence-corrected chi connectivity index (χ1v) is 11.1. The minimum absolute atomic E-state index is 0.0794. The lowest BCUT2D eigenvalue weighted by atomic mass is 9.92. The summed E-state index contributed by atoms with van der Waals surface area (Å²) in [6, 6.07) is 12.7. The number of carbonyl (C=O) groups excluding carboxylic acids is 1. The molecule has 4 rings (SSSR count). The Morgan fingerprint density at radius 1 is 1.13 bits per heavy atom. The number of anilines is 1. The summed E-state index contributed by atoms with van der Waals surface area (Å²) in [5.41, 5.74) is 2.55. The fraction of sp³-hybridized carbons (Fsp3) is 0.440. The number of pyridine rings is 1. The van der Waals surface area contributed by atoms with Crippen molar-refractivity contribution in [3.8, 4) is 0 Å². The van der Waals surface area contributed by atoms with Crippen LogP contribution in [-0.4, -0.2) is 38.8 Å². The van der Waals surface area contributed by atoms with Gasteiger partial charge in [0.05, 0.1) is 5.69 Å². The summed E-state index contributed by atoms with van der Waals surface area (Å²) in [7, 11) is 0. The van der Waals surface area contributed by atoms with E-state index in [1.165, 1.54) is 6.07 Å². The summed E-state index contributed by atoms with van der Waals surface area (Å²) in [5, 5.41) is 3.63. The number of hydrogen-bond acceptors (Lipinski definition) is 3. The third-order valence-corrected chi connectivity index (χ3v) is 5.85. The average Bonchev–Trinajstić information content (AvgIpc) is 3.10. The van der Waals surface area contributed by atoms with Gasteiger partial charge in [0.1, 0.15) is 17.3 Å². The molecule has 5 nitrogen and oxygen atoms in total. The highest BCUT2D eigenvalue weighted by atomic mass is 19.1. The lowest BCUT2D eigenvalue weighted by molar-refractivity contribution is -0.132. The molecule has 1 fully saturated rings. The quantitative estimate of drug-likeness (QED) is 0.628. The van der Waals surface area contributed by atoms with Crippen molar-refractivity contribution in [3.63, 3.8) is 0 Å². The molecule has 0 saturated carbocycles. The third kappa shape index (κ3) is 4.89. The van der Waals surface area contributed by atoms with Gasteiger partial charge in [-0.05, 0) is 63.8 Å². The highest BCUT2D eigenvalue weighted by molar-refractivity contribution is 5.76. The second-order valence-corrected chi connectivity index (χ2v) is 9.40. The molecule has 3 aromatic rings. The molecule has 0 radical (unpaired) electrons. The summed E-state index contributed by atoms with van der Waals surface area (Å²) in [5.74, 6) is 1.22.